The quantitative estimate of drug-likeness (QED) is 0.572. The van der Waals surface area contributed by atoms with Crippen LogP contribution in [-0.4, -0.2) is 94.6 Å². The number of fused-ring (bicyclic) bond motifs is 4. The number of carbonyl (C=O) groups is 2. The zero-order valence-corrected chi connectivity index (χ0v) is 24.0. The number of alkyl halides is 1. The molecule has 7 rings (SSSR count). The van der Waals surface area contributed by atoms with E-state index in [1.54, 1.807) is 17.2 Å². The number of likely N-dealkylation sites (tertiary alicyclic amines) is 1. The van der Waals surface area contributed by atoms with Gasteiger partial charge < -0.3 is 24.9 Å². The van der Waals surface area contributed by atoms with Gasteiger partial charge in [-0.15, -0.1) is 0 Å². The molecule has 220 valence electrons. The minimum absolute atomic E-state index is 0.00574. The van der Waals surface area contributed by atoms with Crippen molar-refractivity contribution in [1.29, 1.82) is 0 Å². The van der Waals surface area contributed by atoms with Gasteiger partial charge in [-0.25, -0.2) is 18.7 Å². The first-order chi connectivity index (χ1) is 19.8. The molecule has 1 aromatic carbocycles. The van der Waals surface area contributed by atoms with Crippen LogP contribution in [0.4, 0.5) is 26.0 Å². The molecule has 2 aromatic rings. The van der Waals surface area contributed by atoms with Gasteiger partial charge in [-0.2, -0.15) is 0 Å². The van der Waals surface area contributed by atoms with E-state index in [2.05, 4.69) is 20.2 Å². The number of nitrogens with one attached hydrogen (secondary N) is 1. The van der Waals surface area contributed by atoms with Crippen LogP contribution in [0.1, 0.15) is 56.8 Å². The highest BCUT2D eigenvalue weighted by molar-refractivity contribution is 6.01. The number of nitrogens with zero attached hydrogens (tertiary/aromatic N) is 6. The molecule has 1 unspecified atom stereocenters. The second kappa shape index (κ2) is 11.2. The molecule has 0 spiro atoms. The molecule has 1 aromatic heterocycles. The van der Waals surface area contributed by atoms with Gasteiger partial charge in [-0.1, -0.05) is 0 Å². The highest BCUT2D eigenvalue weighted by Crippen LogP contribution is 2.40. The Kier molecular flexibility index (Phi) is 7.56. The standard InChI is InChI=1S/C30H39F2N7O2/c1-4-37(18(2)3)29(40)23-13-19(31)5-8-25(23)39-12-11-38(28-26(39)15-33-17-34-28)21-9-10-36(16-21)30(41)27-22-7-6-20(35-27)14-24(22)32/h5,8,13,15,17-18,20-22,24,27,35H,4,6-7,9-12,14,16H2,1-3H3/t20-,21+,22?,24-,27-/m0/s1. The van der Waals surface area contributed by atoms with Crippen LogP contribution >= 0.6 is 0 Å². The molecule has 4 aliphatic heterocycles. The number of benzene rings is 1. The molecule has 11 heteroatoms. The predicted octanol–water partition coefficient (Wildman–Crippen LogP) is 3.52. The Bertz CT molecular complexity index is 1310. The molecule has 5 aliphatic rings. The van der Waals surface area contributed by atoms with Crippen molar-refractivity contribution < 1.29 is 18.4 Å². The van der Waals surface area contributed by atoms with Gasteiger partial charge in [0.15, 0.2) is 5.82 Å². The summed E-state index contributed by atoms with van der Waals surface area (Å²) in [6.07, 6.45) is 5.32. The third-order valence-electron chi connectivity index (χ3n) is 9.35. The molecule has 2 amide bonds. The lowest BCUT2D eigenvalue weighted by atomic mass is 9.74. The smallest absolute Gasteiger partial charge is 0.256 e. The zero-order chi connectivity index (χ0) is 28.8. The fourth-order valence-corrected chi connectivity index (χ4v) is 7.27. The molecule has 4 fully saturated rings. The van der Waals surface area contributed by atoms with Gasteiger partial charge in [-0.3, -0.25) is 9.59 Å². The zero-order valence-electron chi connectivity index (χ0n) is 24.0. The molecular weight excluding hydrogens is 528 g/mol. The van der Waals surface area contributed by atoms with E-state index >= 15 is 0 Å². The number of aromatic nitrogens is 2. The highest BCUT2D eigenvalue weighted by Gasteiger charge is 2.47. The second-order valence-electron chi connectivity index (χ2n) is 12.0. The van der Waals surface area contributed by atoms with E-state index in [-0.39, 0.29) is 35.9 Å². The molecule has 5 heterocycles. The van der Waals surface area contributed by atoms with E-state index in [4.69, 9.17) is 0 Å². The maximum Gasteiger partial charge on any atom is 0.256 e. The summed E-state index contributed by atoms with van der Waals surface area (Å²) in [7, 11) is 0. The summed E-state index contributed by atoms with van der Waals surface area (Å²) >= 11 is 0. The van der Waals surface area contributed by atoms with Crippen LogP contribution in [-0.2, 0) is 4.79 Å². The Hall–Kier alpha value is -3.34. The van der Waals surface area contributed by atoms with Gasteiger partial charge >= 0.3 is 0 Å². The van der Waals surface area contributed by atoms with Gasteiger partial charge in [0, 0.05) is 56.8 Å². The van der Waals surface area contributed by atoms with Gasteiger partial charge in [-0.05, 0) is 64.7 Å². The summed E-state index contributed by atoms with van der Waals surface area (Å²) in [6, 6.07) is 4.02. The van der Waals surface area contributed by atoms with Crippen molar-refractivity contribution >= 4 is 29.0 Å². The Morgan fingerprint density at radius 3 is 2.71 bits per heavy atom. The van der Waals surface area contributed by atoms with Crippen LogP contribution in [0.2, 0.25) is 0 Å². The van der Waals surface area contributed by atoms with Crippen molar-refractivity contribution in [2.75, 3.05) is 42.5 Å². The number of piperidine rings is 2. The number of halogens is 2. The van der Waals surface area contributed by atoms with E-state index in [0.29, 0.717) is 50.4 Å². The first-order valence-electron chi connectivity index (χ1n) is 14.9. The summed E-state index contributed by atoms with van der Waals surface area (Å²) < 4.78 is 29.0. The molecule has 3 saturated heterocycles. The maximum atomic E-state index is 14.6. The van der Waals surface area contributed by atoms with Crippen LogP contribution in [0.5, 0.6) is 0 Å². The van der Waals surface area contributed by atoms with E-state index < -0.39 is 18.0 Å². The van der Waals surface area contributed by atoms with Crippen molar-refractivity contribution in [3.05, 3.63) is 42.1 Å². The first kappa shape index (κ1) is 27.8. The lowest BCUT2D eigenvalue weighted by molar-refractivity contribution is -0.137. The molecule has 5 atom stereocenters. The third-order valence-corrected chi connectivity index (χ3v) is 9.35. The molecule has 1 aliphatic carbocycles. The van der Waals surface area contributed by atoms with Crippen molar-refractivity contribution in [3.63, 3.8) is 0 Å². The summed E-state index contributed by atoms with van der Waals surface area (Å²) in [4.78, 5) is 43.8. The van der Waals surface area contributed by atoms with Crippen LogP contribution < -0.4 is 15.1 Å². The molecule has 2 bridgehead atoms. The molecule has 1 N–H and O–H groups in total. The Labute approximate surface area is 239 Å². The van der Waals surface area contributed by atoms with E-state index in [1.807, 2.05) is 30.6 Å². The van der Waals surface area contributed by atoms with Gasteiger partial charge in [0.1, 0.15) is 24.0 Å². The van der Waals surface area contributed by atoms with Crippen molar-refractivity contribution in [1.82, 2.24) is 25.1 Å². The molecule has 1 saturated carbocycles. The number of anilines is 3. The maximum absolute atomic E-state index is 14.6. The number of amides is 2. The largest absolute Gasteiger partial charge is 0.348 e. The minimum Gasteiger partial charge on any atom is -0.348 e. The number of carbonyl (C=O) groups excluding carboxylic acids is 2. The Morgan fingerprint density at radius 2 is 1.98 bits per heavy atom. The highest BCUT2D eigenvalue weighted by atomic mass is 19.1. The van der Waals surface area contributed by atoms with Gasteiger partial charge in [0.25, 0.3) is 5.91 Å². The topological polar surface area (TPSA) is 84.9 Å². The SMILES string of the molecule is CCN(C(=O)c1cc(F)ccc1N1CCN([C@@H]2CCN(C(=O)[C@H]3N[C@H]4CCC3[C@@H](F)C4)C2)c2ncncc21)C(C)C. The predicted molar refractivity (Wildman–Crippen MR) is 153 cm³/mol. The van der Waals surface area contributed by atoms with Crippen molar-refractivity contribution in [2.24, 2.45) is 5.92 Å². The summed E-state index contributed by atoms with van der Waals surface area (Å²) in [5, 5.41) is 3.40. The number of hydrogen-bond acceptors (Lipinski definition) is 7. The average Bonchev–Trinajstić information content (AvgIpc) is 3.46. The van der Waals surface area contributed by atoms with E-state index in [1.165, 1.54) is 18.5 Å². The van der Waals surface area contributed by atoms with E-state index in [0.717, 1.165) is 30.8 Å². The summed E-state index contributed by atoms with van der Waals surface area (Å²) in [6.45, 7) is 8.65. The number of hydrogen-bond donors (Lipinski definition) is 1. The fourth-order valence-electron chi connectivity index (χ4n) is 7.27. The third kappa shape index (κ3) is 5.02. The van der Waals surface area contributed by atoms with Crippen LogP contribution in [0.25, 0.3) is 0 Å². The molecule has 9 nitrogen and oxygen atoms in total. The average molecular weight is 568 g/mol. The molecular formula is C30H39F2N7O2. The van der Waals surface area contributed by atoms with Crippen LogP contribution in [0, 0.1) is 11.7 Å². The number of rotatable bonds is 6. The lowest BCUT2D eigenvalue weighted by Gasteiger charge is -2.45. The van der Waals surface area contributed by atoms with Crippen LogP contribution in [0.3, 0.4) is 0 Å². The first-order valence-corrected chi connectivity index (χ1v) is 14.9. The van der Waals surface area contributed by atoms with Crippen LogP contribution in [0.15, 0.2) is 30.7 Å². The summed E-state index contributed by atoms with van der Waals surface area (Å²) in [5.74, 6) is -0.191. The normalized spacial score (nSPS) is 27.4. The monoisotopic (exact) mass is 567 g/mol. The Balaban J connectivity index is 1.23. The van der Waals surface area contributed by atoms with Crippen molar-refractivity contribution in [2.45, 2.75) is 76.8 Å². The molecule has 41 heavy (non-hydrogen) atoms. The van der Waals surface area contributed by atoms with Gasteiger partial charge in [0.05, 0.1) is 23.5 Å². The molecule has 0 radical (unpaired) electrons. The van der Waals surface area contributed by atoms with Crippen molar-refractivity contribution in [3.8, 4) is 0 Å². The summed E-state index contributed by atoms with van der Waals surface area (Å²) in [5.41, 5.74) is 1.67. The lowest BCUT2D eigenvalue weighted by Crippen LogP contribution is -2.62. The Morgan fingerprint density at radius 1 is 1.15 bits per heavy atom. The second-order valence-corrected chi connectivity index (χ2v) is 12.0. The van der Waals surface area contributed by atoms with Gasteiger partial charge in [0.2, 0.25) is 5.91 Å². The fraction of sp³-hybridized carbons (Fsp3) is 0.600. The minimum atomic E-state index is -0.910. The van der Waals surface area contributed by atoms with E-state index in [9.17, 15) is 18.4 Å².